The lowest BCUT2D eigenvalue weighted by atomic mass is 10.1. The number of amides is 1. The van der Waals surface area contributed by atoms with E-state index in [-0.39, 0.29) is 18.0 Å². The first-order chi connectivity index (χ1) is 12.9. The van der Waals surface area contributed by atoms with Gasteiger partial charge in [0.05, 0.1) is 20.6 Å². The Hall–Kier alpha value is -3.28. The van der Waals surface area contributed by atoms with Crippen molar-refractivity contribution < 1.29 is 18.7 Å². The molecule has 2 aromatic carbocycles. The normalized spacial score (nSPS) is 10.7. The molecule has 0 saturated heterocycles. The predicted molar refractivity (Wildman–Crippen MR) is 104 cm³/mol. The molecule has 1 amide bonds. The quantitative estimate of drug-likeness (QED) is 0.697. The van der Waals surface area contributed by atoms with E-state index in [0.29, 0.717) is 22.8 Å². The van der Waals surface area contributed by atoms with Gasteiger partial charge in [0.15, 0.2) is 0 Å². The third-order valence-corrected chi connectivity index (χ3v) is 4.42. The van der Waals surface area contributed by atoms with Gasteiger partial charge in [0.25, 0.3) is 0 Å². The van der Waals surface area contributed by atoms with Crippen molar-refractivity contribution >= 4 is 22.6 Å². The zero-order valence-electron chi connectivity index (χ0n) is 15.7. The number of fused-ring (bicyclic) bond motifs is 1. The average Bonchev–Trinajstić information content (AvgIpc) is 2.63. The third-order valence-electron chi connectivity index (χ3n) is 4.42. The Kier molecular flexibility index (Phi) is 5.16. The monoisotopic (exact) mass is 367 g/mol. The number of aryl methyl sites for hydroxylation is 2. The molecular formula is C21H21NO5. The standard InChI is InChI=1S/C21H21NO5/c1-12-8-21(24)27-19-7-13(2)17(11-16(12)19)22-20(23)9-14-5-6-15(25-3)10-18(14)26-4/h5-8,10-11H,9H2,1-4H3,(H,22,23). The van der Waals surface area contributed by atoms with Crippen molar-refractivity contribution in [3.05, 3.63) is 63.5 Å². The number of methoxy groups -OCH3 is 2. The third kappa shape index (κ3) is 3.95. The minimum absolute atomic E-state index is 0.160. The van der Waals surface area contributed by atoms with E-state index in [1.54, 1.807) is 32.4 Å². The molecule has 0 fully saturated rings. The van der Waals surface area contributed by atoms with Gasteiger partial charge in [-0.25, -0.2) is 4.79 Å². The van der Waals surface area contributed by atoms with Crippen LogP contribution in [0.4, 0.5) is 5.69 Å². The van der Waals surface area contributed by atoms with Crippen LogP contribution in [0.1, 0.15) is 16.7 Å². The summed E-state index contributed by atoms with van der Waals surface area (Å²) in [6.45, 7) is 3.69. The molecule has 0 unspecified atom stereocenters. The molecule has 0 radical (unpaired) electrons. The summed E-state index contributed by atoms with van der Waals surface area (Å²) in [7, 11) is 3.13. The highest BCUT2D eigenvalue weighted by atomic mass is 16.5. The summed E-state index contributed by atoms with van der Waals surface area (Å²) in [5.41, 5.74) is 3.17. The molecule has 3 rings (SSSR count). The smallest absolute Gasteiger partial charge is 0.336 e. The predicted octanol–water partition coefficient (Wildman–Crippen LogP) is 3.61. The minimum Gasteiger partial charge on any atom is -0.497 e. The zero-order chi connectivity index (χ0) is 19.6. The number of hydrogen-bond donors (Lipinski definition) is 1. The summed E-state index contributed by atoms with van der Waals surface area (Å²) in [4.78, 5) is 24.1. The van der Waals surface area contributed by atoms with Crippen LogP contribution < -0.4 is 20.4 Å². The Morgan fingerprint density at radius 2 is 1.81 bits per heavy atom. The SMILES string of the molecule is COc1ccc(CC(=O)Nc2cc3c(C)cc(=O)oc3cc2C)c(OC)c1. The molecule has 0 aliphatic rings. The number of carbonyl (C=O) groups is 1. The van der Waals surface area contributed by atoms with Crippen LogP contribution in [0.2, 0.25) is 0 Å². The molecule has 140 valence electrons. The van der Waals surface area contributed by atoms with Crippen molar-refractivity contribution in [2.75, 3.05) is 19.5 Å². The van der Waals surface area contributed by atoms with Crippen LogP contribution in [0.25, 0.3) is 11.0 Å². The van der Waals surface area contributed by atoms with Crippen molar-refractivity contribution in [1.29, 1.82) is 0 Å². The van der Waals surface area contributed by atoms with Gasteiger partial charge in [-0.1, -0.05) is 6.07 Å². The number of hydrogen-bond acceptors (Lipinski definition) is 5. The van der Waals surface area contributed by atoms with Crippen molar-refractivity contribution in [2.24, 2.45) is 0 Å². The lowest BCUT2D eigenvalue weighted by Gasteiger charge is -2.13. The minimum atomic E-state index is -0.386. The van der Waals surface area contributed by atoms with Crippen LogP contribution in [0.3, 0.4) is 0 Å². The average molecular weight is 367 g/mol. The molecule has 6 nitrogen and oxygen atoms in total. The second-order valence-electron chi connectivity index (χ2n) is 6.31. The van der Waals surface area contributed by atoms with Gasteiger partial charge in [-0.15, -0.1) is 0 Å². The van der Waals surface area contributed by atoms with Gasteiger partial charge >= 0.3 is 5.63 Å². The van der Waals surface area contributed by atoms with Crippen LogP contribution >= 0.6 is 0 Å². The van der Waals surface area contributed by atoms with Crippen LogP contribution in [0.5, 0.6) is 11.5 Å². The molecular weight excluding hydrogens is 346 g/mol. The number of nitrogens with one attached hydrogen (secondary N) is 1. The zero-order valence-corrected chi connectivity index (χ0v) is 15.7. The van der Waals surface area contributed by atoms with Crippen molar-refractivity contribution in [3.8, 4) is 11.5 Å². The number of anilines is 1. The van der Waals surface area contributed by atoms with E-state index in [2.05, 4.69) is 5.32 Å². The van der Waals surface area contributed by atoms with E-state index in [1.807, 2.05) is 26.0 Å². The number of ether oxygens (including phenoxy) is 2. The maximum atomic E-state index is 12.6. The Bertz CT molecular complexity index is 1070. The molecule has 0 atom stereocenters. The molecule has 0 aliphatic carbocycles. The summed E-state index contributed by atoms with van der Waals surface area (Å²) in [5.74, 6) is 1.09. The van der Waals surface area contributed by atoms with Gasteiger partial charge in [-0.2, -0.15) is 0 Å². The second-order valence-corrected chi connectivity index (χ2v) is 6.31. The van der Waals surface area contributed by atoms with E-state index in [1.165, 1.54) is 6.07 Å². The Balaban J connectivity index is 1.86. The van der Waals surface area contributed by atoms with E-state index in [4.69, 9.17) is 13.9 Å². The fourth-order valence-corrected chi connectivity index (χ4v) is 2.97. The van der Waals surface area contributed by atoms with Crippen molar-refractivity contribution in [1.82, 2.24) is 0 Å². The molecule has 0 spiro atoms. The van der Waals surface area contributed by atoms with E-state index >= 15 is 0 Å². The van der Waals surface area contributed by atoms with Gasteiger partial charge in [0.1, 0.15) is 17.1 Å². The Labute approximate surface area is 156 Å². The largest absolute Gasteiger partial charge is 0.497 e. The molecule has 6 heteroatoms. The summed E-state index contributed by atoms with van der Waals surface area (Å²) in [5, 5.41) is 3.72. The fourth-order valence-electron chi connectivity index (χ4n) is 2.97. The topological polar surface area (TPSA) is 77.8 Å². The van der Waals surface area contributed by atoms with Gasteiger partial charge in [0.2, 0.25) is 5.91 Å². The summed E-state index contributed by atoms with van der Waals surface area (Å²) >= 11 is 0. The number of benzene rings is 2. The highest BCUT2D eigenvalue weighted by Gasteiger charge is 2.13. The first-order valence-corrected chi connectivity index (χ1v) is 8.47. The molecule has 1 N–H and O–H groups in total. The summed E-state index contributed by atoms with van der Waals surface area (Å²) in [6, 6.07) is 10.4. The molecule has 0 saturated carbocycles. The van der Waals surface area contributed by atoms with E-state index in [9.17, 15) is 9.59 Å². The molecule has 1 aromatic heterocycles. The Morgan fingerprint density at radius 1 is 1.04 bits per heavy atom. The number of carbonyl (C=O) groups excluding carboxylic acids is 1. The van der Waals surface area contributed by atoms with Crippen molar-refractivity contribution in [3.63, 3.8) is 0 Å². The molecule has 1 heterocycles. The van der Waals surface area contributed by atoms with Crippen LogP contribution in [-0.2, 0) is 11.2 Å². The molecule has 27 heavy (non-hydrogen) atoms. The van der Waals surface area contributed by atoms with E-state index < -0.39 is 0 Å². The second kappa shape index (κ2) is 7.53. The first kappa shape index (κ1) is 18.5. The maximum absolute atomic E-state index is 12.6. The first-order valence-electron chi connectivity index (χ1n) is 8.47. The molecule has 3 aromatic rings. The van der Waals surface area contributed by atoms with Gasteiger partial charge in [0, 0.05) is 28.8 Å². The van der Waals surface area contributed by atoms with Gasteiger partial charge in [-0.3, -0.25) is 4.79 Å². The highest BCUT2D eigenvalue weighted by molar-refractivity contribution is 5.96. The van der Waals surface area contributed by atoms with E-state index in [0.717, 1.165) is 22.1 Å². The van der Waals surface area contributed by atoms with Crippen LogP contribution in [0.15, 0.2) is 45.6 Å². The fraction of sp³-hybridized carbons (Fsp3) is 0.238. The maximum Gasteiger partial charge on any atom is 0.336 e. The molecule has 0 aliphatic heterocycles. The summed E-state index contributed by atoms with van der Waals surface area (Å²) in [6.07, 6.45) is 0.160. The Morgan fingerprint density at radius 3 is 2.52 bits per heavy atom. The van der Waals surface area contributed by atoms with Crippen LogP contribution in [0, 0.1) is 13.8 Å². The lowest BCUT2D eigenvalue weighted by Crippen LogP contribution is -2.16. The van der Waals surface area contributed by atoms with Crippen LogP contribution in [-0.4, -0.2) is 20.1 Å². The molecule has 0 bridgehead atoms. The number of rotatable bonds is 5. The van der Waals surface area contributed by atoms with Crippen molar-refractivity contribution in [2.45, 2.75) is 20.3 Å². The lowest BCUT2D eigenvalue weighted by molar-refractivity contribution is -0.115. The van der Waals surface area contributed by atoms with Gasteiger partial charge in [-0.05, 0) is 43.2 Å². The van der Waals surface area contributed by atoms with Gasteiger partial charge < -0.3 is 19.2 Å². The highest BCUT2D eigenvalue weighted by Crippen LogP contribution is 2.27. The summed E-state index contributed by atoms with van der Waals surface area (Å²) < 4.78 is 15.8.